The number of nitrogens with one attached hydrogen (secondary N) is 2. The van der Waals surface area contributed by atoms with E-state index in [0.717, 1.165) is 16.8 Å². The third-order valence-electron chi connectivity index (χ3n) is 4.11. The largest absolute Gasteiger partial charge is 0.364 e. The lowest BCUT2D eigenvalue weighted by Gasteiger charge is -2.09. The molecule has 26 heavy (non-hydrogen) atoms. The SMILES string of the molecule is O=c1c(-c2ccc(Cl)cc2)c[nH]c2ccnc(NCc3ccccn3)c12. The van der Waals surface area contributed by atoms with Gasteiger partial charge in [0.2, 0.25) is 5.43 Å². The molecule has 0 aliphatic rings. The van der Waals surface area contributed by atoms with E-state index in [9.17, 15) is 4.79 Å². The van der Waals surface area contributed by atoms with Crippen LogP contribution < -0.4 is 10.7 Å². The minimum atomic E-state index is -0.0855. The predicted octanol–water partition coefficient (Wildman–Crippen LogP) is 4.25. The van der Waals surface area contributed by atoms with Crippen LogP contribution in [-0.2, 0) is 6.54 Å². The molecular weight excluding hydrogens is 348 g/mol. The van der Waals surface area contributed by atoms with Crippen LogP contribution >= 0.6 is 11.6 Å². The van der Waals surface area contributed by atoms with Crippen molar-refractivity contribution in [3.63, 3.8) is 0 Å². The Bertz CT molecular complexity index is 1110. The highest BCUT2D eigenvalue weighted by atomic mass is 35.5. The molecule has 0 radical (unpaired) electrons. The Labute approximate surface area is 154 Å². The highest BCUT2D eigenvalue weighted by Gasteiger charge is 2.12. The van der Waals surface area contributed by atoms with Crippen molar-refractivity contribution in [2.45, 2.75) is 6.54 Å². The Kier molecular flexibility index (Phi) is 4.37. The number of H-pyrrole nitrogens is 1. The van der Waals surface area contributed by atoms with Crippen molar-refractivity contribution in [1.82, 2.24) is 15.0 Å². The number of hydrogen-bond acceptors (Lipinski definition) is 4. The van der Waals surface area contributed by atoms with Crippen molar-refractivity contribution in [1.29, 1.82) is 0 Å². The minimum Gasteiger partial charge on any atom is -0.364 e. The zero-order valence-electron chi connectivity index (χ0n) is 13.7. The van der Waals surface area contributed by atoms with Crippen LogP contribution in [0.15, 0.2) is 71.9 Å². The first-order valence-electron chi connectivity index (χ1n) is 8.12. The van der Waals surface area contributed by atoms with Gasteiger partial charge in [-0.1, -0.05) is 29.8 Å². The molecule has 0 saturated heterocycles. The van der Waals surface area contributed by atoms with Gasteiger partial charge in [-0.25, -0.2) is 4.98 Å². The molecule has 5 nitrogen and oxygen atoms in total. The second-order valence-corrected chi connectivity index (χ2v) is 6.23. The molecular formula is C20H15ClN4O. The van der Waals surface area contributed by atoms with Crippen molar-refractivity contribution in [2.75, 3.05) is 5.32 Å². The summed E-state index contributed by atoms with van der Waals surface area (Å²) in [6, 6.07) is 14.7. The van der Waals surface area contributed by atoms with Crippen LogP contribution in [0.5, 0.6) is 0 Å². The fraction of sp³-hybridized carbons (Fsp3) is 0.0500. The van der Waals surface area contributed by atoms with E-state index in [-0.39, 0.29) is 5.43 Å². The number of halogens is 1. The van der Waals surface area contributed by atoms with Crippen LogP contribution in [0.25, 0.3) is 22.0 Å². The fourth-order valence-corrected chi connectivity index (χ4v) is 2.94. The molecule has 0 aliphatic heterocycles. The molecule has 128 valence electrons. The number of aromatic amines is 1. The number of hydrogen-bond donors (Lipinski definition) is 2. The van der Waals surface area contributed by atoms with E-state index in [0.29, 0.717) is 28.3 Å². The van der Waals surface area contributed by atoms with Gasteiger partial charge in [0, 0.05) is 29.2 Å². The molecule has 0 saturated carbocycles. The average Bonchev–Trinajstić information content (AvgIpc) is 2.68. The van der Waals surface area contributed by atoms with E-state index < -0.39 is 0 Å². The number of anilines is 1. The zero-order chi connectivity index (χ0) is 17.9. The standard InChI is InChI=1S/C20H15ClN4O/c21-14-6-4-13(5-7-14)16-12-24-17-8-10-23-20(18(17)19(16)26)25-11-15-3-1-2-9-22-15/h1-10,12H,11H2,(H,23,25)(H,24,26). The van der Waals surface area contributed by atoms with Gasteiger partial charge in [0.1, 0.15) is 5.82 Å². The normalized spacial score (nSPS) is 10.8. The number of benzene rings is 1. The number of rotatable bonds is 4. The quantitative estimate of drug-likeness (QED) is 0.569. The number of fused-ring (bicyclic) bond motifs is 1. The van der Waals surface area contributed by atoms with Crippen molar-refractivity contribution >= 4 is 28.3 Å². The van der Waals surface area contributed by atoms with Gasteiger partial charge >= 0.3 is 0 Å². The van der Waals surface area contributed by atoms with Gasteiger partial charge in [-0.2, -0.15) is 0 Å². The van der Waals surface area contributed by atoms with Crippen LogP contribution in [0.4, 0.5) is 5.82 Å². The number of pyridine rings is 3. The lowest BCUT2D eigenvalue weighted by Crippen LogP contribution is -2.11. The first-order chi connectivity index (χ1) is 12.7. The molecule has 6 heteroatoms. The monoisotopic (exact) mass is 362 g/mol. The summed E-state index contributed by atoms with van der Waals surface area (Å²) in [5.41, 5.74) is 2.89. The predicted molar refractivity (Wildman–Crippen MR) is 104 cm³/mol. The molecule has 1 aromatic carbocycles. The van der Waals surface area contributed by atoms with Crippen molar-refractivity contribution in [2.24, 2.45) is 0 Å². The van der Waals surface area contributed by atoms with Crippen molar-refractivity contribution < 1.29 is 0 Å². The number of nitrogens with zero attached hydrogens (tertiary/aromatic N) is 2. The van der Waals surface area contributed by atoms with Crippen LogP contribution in [0.3, 0.4) is 0 Å². The summed E-state index contributed by atoms with van der Waals surface area (Å²) in [5.74, 6) is 0.533. The summed E-state index contributed by atoms with van der Waals surface area (Å²) < 4.78 is 0. The maximum atomic E-state index is 13.1. The Balaban J connectivity index is 1.77. The minimum absolute atomic E-state index is 0.0855. The fourth-order valence-electron chi connectivity index (χ4n) is 2.82. The van der Waals surface area contributed by atoms with E-state index in [1.807, 2.05) is 30.3 Å². The van der Waals surface area contributed by atoms with E-state index in [4.69, 9.17) is 11.6 Å². The smallest absolute Gasteiger partial charge is 0.200 e. The maximum Gasteiger partial charge on any atom is 0.200 e. The summed E-state index contributed by atoms with van der Waals surface area (Å²) in [6.07, 6.45) is 5.12. The Morgan fingerprint density at radius 2 is 1.85 bits per heavy atom. The third-order valence-corrected chi connectivity index (χ3v) is 4.36. The second-order valence-electron chi connectivity index (χ2n) is 5.80. The summed E-state index contributed by atoms with van der Waals surface area (Å²) in [6.45, 7) is 0.484. The van der Waals surface area contributed by atoms with Crippen LogP contribution in [0.2, 0.25) is 5.02 Å². The molecule has 0 aliphatic carbocycles. The molecule has 0 bridgehead atoms. The molecule has 0 amide bonds. The van der Waals surface area contributed by atoms with Crippen molar-refractivity contribution in [3.05, 3.63) is 88.1 Å². The Morgan fingerprint density at radius 3 is 2.62 bits per heavy atom. The Hall–Kier alpha value is -3.18. The maximum absolute atomic E-state index is 13.1. The summed E-state index contributed by atoms with van der Waals surface area (Å²) in [7, 11) is 0. The van der Waals surface area contributed by atoms with Gasteiger partial charge in [0.15, 0.2) is 0 Å². The highest BCUT2D eigenvalue weighted by molar-refractivity contribution is 6.30. The molecule has 0 spiro atoms. The Morgan fingerprint density at radius 1 is 1.00 bits per heavy atom. The highest BCUT2D eigenvalue weighted by Crippen LogP contribution is 2.22. The second kappa shape index (κ2) is 6.98. The van der Waals surface area contributed by atoms with Crippen LogP contribution in [-0.4, -0.2) is 15.0 Å². The topological polar surface area (TPSA) is 70.7 Å². The van der Waals surface area contributed by atoms with Crippen LogP contribution in [0.1, 0.15) is 5.69 Å². The van der Waals surface area contributed by atoms with E-state index in [1.165, 1.54) is 0 Å². The lowest BCUT2D eigenvalue weighted by molar-refractivity contribution is 1.03. The molecule has 3 heterocycles. The molecule has 4 aromatic rings. The van der Waals surface area contributed by atoms with Gasteiger partial charge in [-0.15, -0.1) is 0 Å². The van der Waals surface area contributed by atoms with Gasteiger partial charge in [0.25, 0.3) is 0 Å². The van der Waals surface area contributed by atoms with Gasteiger partial charge < -0.3 is 10.3 Å². The zero-order valence-corrected chi connectivity index (χ0v) is 14.5. The number of aromatic nitrogens is 3. The molecule has 4 rings (SSSR count). The van der Waals surface area contributed by atoms with Gasteiger partial charge in [0.05, 0.1) is 23.1 Å². The summed E-state index contributed by atoms with van der Waals surface area (Å²) in [4.78, 5) is 24.9. The summed E-state index contributed by atoms with van der Waals surface area (Å²) >= 11 is 5.95. The lowest BCUT2D eigenvalue weighted by atomic mass is 10.1. The molecule has 2 N–H and O–H groups in total. The van der Waals surface area contributed by atoms with E-state index >= 15 is 0 Å². The first-order valence-corrected chi connectivity index (χ1v) is 8.50. The molecule has 0 atom stereocenters. The van der Waals surface area contributed by atoms with E-state index in [2.05, 4.69) is 20.3 Å². The average molecular weight is 363 g/mol. The van der Waals surface area contributed by atoms with Gasteiger partial charge in [-0.3, -0.25) is 9.78 Å². The van der Waals surface area contributed by atoms with E-state index in [1.54, 1.807) is 36.8 Å². The molecule has 3 aromatic heterocycles. The third kappa shape index (κ3) is 3.17. The molecule has 0 unspecified atom stereocenters. The first kappa shape index (κ1) is 16.3. The van der Waals surface area contributed by atoms with Gasteiger partial charge in [-0.05, 0) is 35.9 Å². The molecule has 0 fully saturated rings. The van der Waals surface area contributed by atoms with Crippen molar-refractivity contribution in [3.8, 4) is 11.1 Å². The summed E-state index contributed by atoms with van der Waals surface area (Å²) in [5, 5.41) is 4.37. The van der Waals surface area contributed by atoms with Crippen LogP contribution in [0, 0.1) is 0 Å².